The predicted molar refractivity (Wildman–Crippen MR) is 105 cm³/mol. The molecule has 0 unspecified atom stereocenters. The second kappa shape index (κ2) is 9.43. The van der Waals surface area contributed by atoms with Crippen molar-refractivity contribution in [3.63, 3.8) is 0 Å². The number of benzene rings is 1. The average Bonchev–Trinajstić information content (AvgIpc) is 2.42. The van der Waals surface area contributed by atoms with Crippen LogP contribution in [0.15, 0.2) is 22.7 Å². The minimum atomic E-state index is -3.03. The third-order valence-electron chi connectivity index (χ3n) is 3.17. The zero-order chi connectivity index (χ0) is 21.0. The van der Waals surface area contributed by atoms with Crippen LogP contribution in [0.5, 0.6) is 5.75 Å². The zero-order valence-corrected chi connectivity index (χ0v) is 18.7. The van der Waals surface area contributed by atoms with Gasteiger partial charge >= 0.3 is 12.6 Å². The second-order valence-corrected chi connectivity index (χ2v) is 10.7. The highest BCUT2D eigenvalue weighted by molar-refractivity contribution is 9.10. The summed E-state index contributed by atoms with van der Waals surface area (Å²) in [5.41, 5.74) is -0.428. The van der Waals surface area contributed by atoms with Crippen molar-refractivity contribution in [1.82, 2.24) is 4.72 Å². The zero-order valence-electron chi connectivity index (χ0n) is 16.3. The van der Waals surface area contributed by atoms with Gasteiger partial charge in [-0.1, -0.05) is 22.0 Å². The standard InChI is InChI=1S/C18H26BrF2NO4S/c1-17(2,3)26-14(23)10-12(22-27(24)18(4,5)6)15-11(19)8-7-9-13(15)25-16(20)21/h7-9,12,16,22H,10H2,1-6H3/t12-,27+/m1/s1. The van der Waals surface area contributed by atoms with Crippen molar-refractivity contribution in [3.05, 3.63) is 28.2 Å². The molecule has 0 heterocycles. The Morgan fingerprint density at radius 2 is 1.81 bits per heavy atom. The number of alkyl halides is 2. The van der Waals surface area contributed by atoms with E-state index in [1.54, 1.807) is 47.6 Å². The van der Waals surface area contributed by atoms with Crippen molar-refractivity contribution in [2.24, 2.45) is 0 Å². The molecule has 0 amide bonds. The van der Waals surface area contributed by atoms with Crippen LogP contribution in [0, 0.1) is 0 Å². The maximum Gasteiger partial charge on any atom is 0.387 e. The second-order valence-electron chi connectivity index (χ2n) is 7.87. The van der Waals surface area contributed by atoms with E-state index in [4.69, 9.17) is 4.74 Å². The Morgan fingerprint density at radius 1 is 1.22 bits per heavy atom. The summed E-state index contributed by atoms with van der Waals surface area (Å²) in [6.45, 7) is 7.43. The third kappa shape index (κ3) is 8.23. The van der Waals surface area contributed by atoms with Gasteiger partial charge in [-0.15, -0.1) is 0 Å². The van der Waals surface area contributed by atoms with Gasteiger partial charge in [0.05, 0.1) is 28.2 Å². The van der Waals surface area contributed by atoms with Gasteiger partial charge in [0.25, 0.3) is 0 Å². The van der Waals surface area contributed by atoms with Crippen LogP contribution in [0.2, 0.25) is 0 Å². The maximum atomic E-state index is 12.8. The Hall–Kier alpha value is -1.06. The molecule has 0 fully saturated rings. The highest BCUT2D eigenvalue weighted by atomic mass is 79.9. The molecular weight excluding hydrogens is 444 g/mol. The van der Waals surface area contributed by atoms with Crippen LogP contribution in [0.25, 0.3) is 0 Å². The molecule has 0 aliphatic carbocycles. The third-order valence-corrected chi connectivity index (χ3v) is 5.48. The smallest absolute Gasteiger partial charge is 0.387 e. The van der Waals surface area contributed by atoms with Crippen molar-refractivity contribution in [1.29, 1.82) is 0 Å². The summed E-state index contributed by atoms with van der Waals surface area (Å²) in [7, 11) is -1.56. The molecule has 0 spiro atoms. The Labute approximate surface area is 169 Å². The van der Waals surface area contributed by atoms with Gasteiger partial charge in [-0.2, -0.15) is 8.78 Å². The van der Waals surface area contributed by atoms with Crippen LogP contribution in [0.3, 0.4) is 0 Å². The first-order chi connectivity index (χ1) is 12.2. The Morgan fingerprint density at radius 3 is 2.30 bits per heavy atom. The summed E-state index contributed by atoms with van der Waals surface area (Å²) in [6, 6.07) is 3.69. The number of rotatable bonds is 7. The van der Waals surface area contributed by atoms with Crippen molar-refractivity contribution in [2.75, 3.05) is 0 Å². The number of carbonyl (C=O) groups excluding carboxylic acids is 1. The molecule has 0 bridgehead atoms. The highest BCUT2D eigenvalue weighted by Gasteiger charge is 2.30. The molecular formula is C18H26BrF2NO4S. The average molecular weight is 470 g/mol. The molecule has 0 saturated heterocycles. The monoisotopic (exact) mass is 469 g/mol. The molecule has 1 aromatic rings. The van der Waals surface area contributed by atoms with Crippen LogP contribution in [-0.4, -0.2) is 27.1 Å². The molecule has 9 heteroatoms. The Balaban J connectivity index is 3.29. The summed E-state index contributed by atoms with van der Waals surface area (Å²) >= 11 is 3.31. The van der Waals surface area contributed by atoms with Crippen LogP contribution < -0.4 is 9.46 Å². The van der Waals surface area contributed by atoms with Gasteiger partial charge in [-0.05, 0) is 53.7 Å². The minimum absolute atomic E-state index is 0.105. The molecule has 1 rings (SSSR count). The number of esters is 1. The number of nitrogens with one attached hydrogen (secondary N) is 1. The topological polar surface area (TPSA) is 64.6 Å². The van der Waals surface area contributed by atoms with Gasteiger partial charge in [0.1, 0.15) is 11.4 Å². The molecule has 0 radical (unpaired) electrons. The summed E-state index contributed by atoms with van der Waals surface area (Å²) < 4.78 is 50.9. The first kappa shape index (κ1) is 24.0. The van der Waals surface area contributed by atoms with E-state index in [-0.39, 0.29) is 17.7 Å². The van der Waals surface area contributed by atoms with E-state index in [1.165, 1.54) is 12.1 Å². The molecule has 2 atom stereocenters. The minimum Gasteiger partial charge on any atom is -0.460 e. The fraction of sp³-hybridized carbons (Fsp3) is 0.611. The summed E-state index contributed by atoms with van der Waals surface area (Å²) in [6.07, 6.45) is -0.207. The molecule has 1 N–H and O–H groups in total. The molecule has 27 heavy (non-hydrogen) atoms. The molecule has 0 saturated carbocycles. The van der Waals surface area contributed by atoms with Crippen LogP contribution >= 0.6 is 15.9 Å². The lowest BCUT2D eigenvalue weighted by atomic mass is 10.0. The fourth-order valence-electron chi connectivity index (χ4n) is 2.11. The van der Waals surface area contributed by atoms with Crippen molar-refractivity contribution in [3.8, 4) is 5.75 Å². The van der Waals surface area contributed by atoms with Gasteiger partial charge in [0.2, 0.25) is 0 Å². The molecule has 154 valence electrons. The number of ether oxygens (including phenoxy) is 2. The number of carbonyl (C=O) groups is 1. The van der Waals surface area contributed by atoms with E-state index in [9.17, 15) is 17.8 Å². The van der Waals surface area contributed by atoms with E-state index in [1.807, 2.05) is 0 Å². The van der Waals surface area contributed by atoms with E-state index in [2.05, 4.69) is 25.4 Å². The molecule has 0 aliphatic rings. The Bertz CT molecular complexity index is 687. The molecule has 0 aromatic heterocycles. The highest BCUT2D eigenvalue weighted by Crippen LogP contribution is 2.36. The van der Waals surface area contributed by atoms with Gasteiger partial charge < -0.3 is 9.47 Å². The van der Waals surface area contributed by atoms with E-state index < -0.39 is 40.0 Å². The number of halogens is 3. The Kier molecular flexibility index (Phi) is 8.37. The SMILES string of the molecule is CC(C)(C)OC(=O)C[C@@H](N[S@@](=O)C(C)(C)C)c1c(Br)cccc1OC(F)F. The van der Waals surface area contributed by atoms with Crippen molar-refractivity contribution < 1.29 is 27.3 Å². The quantitative estimate of drug-likeness (QED) is 0.578. The fourth-order valence-corrected chi connectivity index (χ4v) is 3.55. The summed E-state index contributed by atoms with van der Waals surface area (Å²) in [5.74, 6) is -0.656. The van der Waals surface area contributed by atoms with Crippen LogP contribution in [0.4, 0.5) is 8.78 Å². The van der Waals surface area contributed by atoms with Crippen LogP contribution in [0.1, 0.15) is 59.6 Å². The largest absolute Gasteiger partial charge is 0.460 e. The number of hydrogen-bond donors (Lipinski definition) is 1. The van der Waals surface area contributed by atoms with E-state index in [0.717, 1.165) is 0 Å². The van der Waals surface area contributed by atoms with Gasteiger partial charge in [0, 0.05) is 10.0 Å². The first-order valence-electron chi connectivity index (χ1n) is 8.34. The summed E-state index contributed by atoms with van der Waals surface area (Å²) in [5, 5.41) is 0. The number of hydrogen-bond acceptors (Lipinski definition) is 4. The van der Waals surface area contributed by atoms with E-state index in [0.29, 0.717) is 4.47 Å². The lowest BCUT2D eigenvalue weighted by molar-refractivity contribution is -0.155. The van der Waals surface area contributed by atoms with Gasteiger partial charge in [0.15, 0.2) is 0 Å². The first-order valence-corrected chi connectivity index (χ1v) is 10.3. The van der Waals surface area contributed by atoms with Gasteiger partial charge in [-0.25, -0.2) is 8.93 Å². The lowest BCUT2D eigenvalue weighted by Gasteiger charge is -2.27. The van der Waals surface area contributed by atoms with Gasteiger partial charge in [-0.3, -0.25) is 4.79 Å². The van der Waals surface area contributed by atoms with Crippen LogP contribution in [-0.2, 0) is 20.5 Å². The van der Waals surface area contributed by atoms with Crippen molar-refractivity contribution in [2.45, 2.75) is 71.0 Å². The van der Waals surface area contributed by atoms with E-state index >= 15 is 0 Å². The van der Waals surface area contributed by atoms with Crippen molar-refractivity contribution >= 4 is 32.9 Å². The molecule has 0 aliphatic heterocycles. The predicted octanol–water partition coefficient (Wildman–Crippen LogP) is 4.88. The molecule has 5 nitrogen and oxygen atoms in total. The normalized spacial score (nSPS) is 14.7. The summed E-state index contributed by atoms with van der Waals surface area (Å²) in [4.78, 5) is 12.4. The maximum absolute atomic E-state index is 12.8. The molecule has 1 aromatic carbocycles. The lowest BCUT2D eigenvalue weighted by Crippen LogP contribution is -2.37.